The molecule has 92 valence electrons. The Morgan fingerprint density at radius 1 is 1.53 bits per heavy atom. The molecule has 4 heteroatoms. The molecule has 1 unspecified atom stereocenters. The molecule has 0 saturated carbocycles. The van der Waals surface area contributed by atoms with E-state index in [0.717, 1.165) is 18.7 Å². The van der Waals surface area contributed by atoms with Gasteiger partial charge in [-0.1, -0.05) is 0 Å². The first-order valence-corrected chi connectivity index (χ1v) is 5.97. The van der Waals surface area contributed by atoms with E-state index in [1.165, 1.54) is 11.1 Å². The van der Waals surface area contributed by atoms with Crippen molar-refractivity contribution in [2.75, 3.05) is 7.05 Å². The first-order valence-electron chi connectivity index (χ1n) is 5.97. The Labute approximate surface area is 102 Å². The molecule has 0 saturated heterocycles. The Balaban J connectivity index is 2.12. The summed E-state index contributed by atoms with van der Waals surface area (Å²) < 4.78 is 7.30. The van der Waals surface area contributed by atoms with Gasteiger partial charge in [-0.15, -0.1) is 0 Å². The highest BCUT2D eigenvalue weighted by atomic mass is 16.3. The maximum absolute atomic E-state index is 5.35. The van der Waals surface area contributed by atoms with Crippen molar-refractivity contribution in [3.05, 3.63) is 41.6 Å². The van der Waals surface area contributed by atoms with Gasteiger partial charge in [0.15, 0.2) is 0 Å². The number of nitrogens with zero attached hydrogens (tertiary/aromatic N) is 2. The Kier molecular flexibility index (Phi) is 3.64. The average molecular weight is 233 g/mol. The van der Waals surface area contributed by atoms with Gasteiger partial charge in [-0.2, -0.15) is 5.10 Å². The lowest BCUT2D eigenvalue weighted by Gasteiger charge is -2.14. The van der Waals surface area contributed by atoms with Crippen molar-refractivity contribution in [2.45, 2.75) is 32.9 Å². The van der Waals surface area contributed by atoms with Crippen molar-refractivity contribution in [3.63, 3.8) is 0 Å². The summed E-state index contributed by atoms with van der Waals surface area (Å²) in [6.07, 6.45) is 6.70. The number of hydrogen-bond donors (Lipinski definition) is 1. The van der Waals surface area contributed by atoms with Gasteiger partial charge in [-0.25, -0.2) is 0 Å². The second kappa shape index (κ2) is 5.19. The highest BCUT2D eigenvalue weighted by molar-refractivity contribution is 5.22. The number of furan rings is 1. The fourth-order valence-electron chi connectivity index (χ4n) is 2.04. The van der Waals surface area contributed by atoms with Gasteiger partial charge < -0.3 is 9.73 Å². The summed E-state index contributed by atoms with van der Waals surface area (Å²) in [7, 11) is 1.97. The highest BCUT2D eigenvalue weighted by Gasteiger charge is 2.15. The zero-order valence-corrected chi connectivity index (χ0v) is 10.6. The molecule has 0 fully saturated rings. The third kappa shape index (κ3) is 2.58. The summed E-state index contributed by atoms with van der Waals surface area (Å²) >= 11 is 0. The molecule has 2 heterocycles. The van der Waals surface area contributed by atoms with E-state index in [1.807, 2.05) is 30.9 Å². The molecule has 0 spiro atoms. The molecule has 1 atom stereocenters. The fourth-order valence-corrected chi connectivity index (χ4v) is 2.04. The first kappa shape index (κ1) is 11.9. The van der Waals surface area contributed by atoms with Gasteiger partial charge in [0.1, 0.15) is 5.76 Å². The van der Waals surface area contributed by atoms with Gasteiger partial charge in [0.05, 0.1) is 12.5 Å². The van der Waals surface area contributed by atoms with E-state index in [-0.39, 0.29) is 6.04 Å². The van der Waals surface area contributed by atoms with E-state index in [0.29, 0.717) is 0 Å². The van der Waals surface area contributed by atoms with E-state index >= 15 is 0 Å². The molecule has 0 aromatic carbocycles. The summed E-state index contributed by atoms with van der Waals surface area (Å²) in [5.41, 5.74) is 2.46. The molecule has 0 amide bonds. The predicted octanol–water partition coefficient (Wildman–Crippen LogP) is 2.31. The van der Waals surface area contributed by atoms with Crippen LogP contribution in [-0.4, -0.2) is 16.8 Å². The molecule has 0 bridgehead atoms. The summed E-state index contributed by atoms with van der Waals surface area (Å²) in [6, 6.07) is 2.31. The van der Waals surface area contributed by atoms with Crippen molar-refractivity contribution in [2.24, 2.45) is 0 Å². The van der Waals surface area contributed by atoms with Crippen LogP contribution >= 0.6 is 0 Å². The standard InChI is InChI=1S/C13H19N3O/c1-4-16-9-11(8-15-16)7-13(14-3)12-5-6-17-10(12)2/h5-6,8-9,13-14H,4,7H2,1-3H3. The lowest BCUT2D eigenvalue weighted by atomic mass is 10.0. The maximum Gasteiger partial charge on any atom is 0.105 e. The molecule has 0 aliphatic rings. The molecule has 4 nitrogen and oxygen atoms in total. The van der Waals surface area contributed by atoms with E-state index < -0.39 is 0 Å². The number of likely N-dealkylation sites (N-methyl/N-ethyl adjacent to an activating group) is 1. The van der Waals surface area contributed by atoms with E-state index in [1.54, 1.807) is 6.26 Å². The summed E-state index contributed by atoms with van der Waals surface area (Å²) in [4.78, 5) is 0. The van der Waals surface area contributed by atoms with Gasteiger partial charge in [0, 0.05) is 24.3 Å². The van der Waals surface area contributed by atoms with Gasteiger partial charge in [-0.05, 0) is 38.9 Å². The smallest absolute Gasteiger partial charge is 0.105 e. The van der Waals surface area contributed by atoms with Gasteiger partial charge >= 0.3 is 0 Å². The number of aryl methyl sites for hydroxylation is 2. The van der Waals surface area contributed by atoms with Gasteiger partial charge in [0.2, 0.25) is 0 Å². The van der Waals surface area contributed by atoms with Crippen LogP contribution in [0.2, 0.25) is 0 Å². The molecule has 0 aliphatic carbocycles. The predicted molar refractivity (Wildman–Crippen MR) is 66.9 cm³/mol. The molecule has 0 radical (unpaired) electrons. The van der Waals surface area contributed by atoms with Crippen molar-refractivity contribution in [1.82, 2.24) is 15.1 Å². The molecule has 17 heavy (non-hydrogen) atoms. The second-order valence-electron chi connectivity index (χ2n) is 4.18. The zero-order chi connectivity index (χ0) is 12.3. The van der Waals surface area contributed by atoms with Crippen LogP contribution in [0.1, 0.15) is 29.9 Å². The molecule has 0 aliphatic heterocycles. The fraction of sp³-hybridized carbons (Fsp3) is 0.462. The topological polar surface area (TPSA) is 43.0 Å². The third-order valence-electron chi connectivity index (χ3n) is 3.07. The van der Waals surface area contributed by atoms with Crippen molar-refractivity contribution < 1.29 is 4.42 Å². The van der Waals surface area contributed by atoms with Crippen LogP contribution in [0.15, 0.2) is 29.1 Å². The molecule has 2 aromatic heterocycles. The lowest BCUT2D eigenvalue weighted by Crippen LogP contribution is -2.18. The Morgan fingerprint density at radius 3 is 2.88 bits per heavy atom. The van der Waals surface area contributed by atoms with Crippen LogP contribution in [-0.2, 0) is 13.0 Å². The van der Waals surface area contributed by atoms with Gasteiger partial charge in [-0.3, -0.25) is 4.68 Å². The SMILES string of the molecule is CCn1cc(CC(NC)c2ccoc2C)cn1. The summed E-state index contributed by atoms with van der Waals surface area (Å²) in [6.45, 7) is 5.00. The van der Waals surface area contributed by atoms with Crippen LogP contribution in [0.25, 0.3) is 0 Å². The van der Waals surface area contributed by atoms with Crippen molar-refractivity contribution >= 4 is 0 Å². The number of aromatic nitrogens is 2. The number of nitrogens with one attached hydrogen (secondary N) is 1. The number of rotatable bonds is 5. The van der Waals surface area contributed by atoms with E-state index in [9.17, 15) is 0 Å². The quantitative estimate of drug-likeness (QED) is 0.861. The molecule has 2 rings (SSSR count). The van der Waals surface area contributed by atoms with Crippen LogP contribution in [0.5, 0.6) is 0 Å². The minimum atomic E-state index is 0.281. The number of hydrogen-bond acceptors (Lipinski definition) is 3. The maximum atomic E-state index is 5.35. The zero-order valence-electron chi connectivity index (χ0n) is 10.6. The second-order valence-corrected chi connectivity index (χ2v) is 4.18. The lowest BCUT2D eigenvalue weighted by molar-refractivity contribution is 0.512. The Bertz CT molecular complexity index is 472. The highest BCUT2D eigenvalue weighted by Crippen LogP contribution is 2.22. The minimum absolute atomic E-state index is 0.281. The first-order chi connectivity index (χ1) is 8.24. The molecular formula is C13H19N3O. The van der Waals surface area contributed by atoms with Crippen molar-refractivity contribution in [1.29, 1.82) is 0 Å². The average Bonchev–Trinajstić information content (AvgIpc) is 2.95. The van der Waals surface area contributed by atoms with Crippen molar-refractivity contribution in [3.8, 4) is 0 Å². The van der Waals surface area contributed by atoms with Crippen LogP contribution in [0, 0.1) is 6.92 Å². The van der Waals surface area contributed by atoms with Gasteiger partial charge in [0.25, 0.3) is 0 Å². The Hall–Kier alpha value is -1.55. The molecule has 1 N–H and O–H groups in total. The van der Waals surface area contributed by atoms with E-state index in [4.69, 9.17) is 4.42 Å². The minimum Gasteiger partial charge on any atom is -0.469 e. The molecule has 2 aromatic rings. The van der Waals surface area contributed by atoms with E-state index in [2.05, 4.69) is 23.5 Å². The van der Waals surface area contributed by atoms with Crippen LogP contribution in [0.3, 0.4) is 0 Å². The van der Waals surface area contributed by atoms with Crippen LogP contribution in [0.4, 0.5) is 0 Å². The summed E-state index contributed by atoms with van der Waals surface area (Å²) in [5, 5.41) is 7.62. The van der Waals surface area contributed by atoms with Crippen LogP contribution < -0.4 is 5.32 Å². The monoisotopic (exact) mass is 233 g/mol. The Morgan fingerprint density at radius 2 is 2.35 bits per heavy atom. The normalized spacial score (nSPS) is 12.9. The molecular weight excluding hydrogens is 214 g/mol. The summed E-state index contributed by atoms with van der Waals surface area (Å²) in [5.74, 6) is 0.979. The largest absolute Gasteiger partial charge is 0.469 e. The third-order valence-corrected chi connectivity index (χ3v) is 3.07.